The van der Waals surface area contributed by atoms with Gasteiger partial charge in [-0.15, -0.1) is 11.8 Å². The fourth-order valence-electron chi connectivity index (χ4n) is 2.99. The van der Waals surface area contributed by atoms with E-state index in [0.717, 1.165) is 11.3 Å². The van der Waals surface area contributed by atoms with Gasteiger partial charge in [-0.25, -0.2) is 4.79 Å². The lowest BCUT2D eigenvalue weighted by molar-refractivity contribution is -0.150. The van der Waals surface area contributed by atoms with E-state index in [1.54, 1.807) is 4.90 Å². The number of carboxylic acid groups (broad SMARTS) is 1. The van der Waals surface area contributed by atoms with Gasteiger partial charge >= 0.3 is 5.97 Å². The topological polar surface area (TPSA) is 69.6 Å². The molecule has 112 valence electrons. The summed E-state index contributed by atoms with van der Waals surface area (Å²) in [4.78, 5) is 25.6. The molecule has 1 fully saturated rings. The third-order valence-corrected chi connectivity index (χ3v) is 5.35. The highest BCUT2D eigenvalue weighted by molar-refractivity contribution is 8.00. The second-order valence-corrected chi connectivity index (χ2v) is 6.82. The predicted octanol–water partition coefficient (Wildman–Crippen LogP) is 1.65. The van der Waals surface area contributed by atoms with Crippen LogP contribution in [0.15, 0.2) is 24.3 Å². The molecule has 0 bridgehead atoms. The molecule has 3 unspecified atom stereocenters. The van der Waals surface area contributed by atoms with Crippen LogP contribution in [0, 0.1) is 5.92 Å². The van der Waals surface area contributed by atoms with E-state index >= 15 is 0 Å². The SMILES string of the molecule is CC1SCC(C(=O)O)N1C(=O)C1CNc2ccccc2C1. The van der Waals surface area contributed by atoms with Crippen molar-refractivity contribution in [2.24, 2.45) is 5.92 Å². The number of rotatable bonds is 2. The molecule has 1 saturated heterocycles. The van der Waals surface area contributed by atoms with Gasteiger partial charge < -0.3 is 15.3 Å². The number of anilines is 1. The Hall–Kier alpha value is -1.69. The van der Waals surface area contributed by atoms with E-state index in [2.05, 4.69) is 5.32 Å². The van der Waals surface area contributed by atoms with Gasteiger partial charge in [0.25, 0.3) is 0 Å². The largest absolute Gasteiger partial charge is 0.480 e. The molecule has 0 aliphatic carbocycles. The fraction of sp³-hybridized carbons (Fsp3) is 0.467. The van der Waals surface area contributed by atoms with E-state index < -0.39 is 12.0 Å². The molecule has 1 aromatic rings. The van der Waals surface area contributed by atoms with Gasteiger partial charge in [-0.2, -0.15) is 0 Å². The molecule has 3 rings (SSSR count). The minimum atomic E-state index is -0.913. The summed E-state index contributed by atoms with van der Waals surface area (Å²) in [6.07, 6.45) is 0.669. The number of thioether (sulfide) groups is 1. The van der Waals surface area contributed by atoms with E-state index in [0.29, 0.717) is 18.7 Å². The Labute approximate surface area is 127 Å². The Morgan fingerprint density at radius 1 is 1.38 bits per heavy atom. The molecule has 5 nitrogen and oxygen atoms in total. The first-order chi connectivity index (χ1) is 10.1. The van der Waals surface area contributed by atoms with Gasteiger partial charge in [0, 0.05) is 18.0 Å². The maximum Gasteiger partial charge on any atom is 0.327 e. The number of para-hydroxylation sites is 1. The van der Waals surface area contributed by atoms with Crippen LogP contribution >= 0.6 is 11.8 Å². The maximum atomic E-state index is 12.7. The van der Waals surface area contributed by atoms with E-state index in [1.807, 2.05) is 31.2 Å². The first-order valence-electron chi connectivity index (χ1n) is 7.06. The van der Waals surface area contributed by atoms with Crippen molar-refractivity contribution in [3.63, 3.8) is 0 Å². The molecule has 2 aliphatic rings. The molecule has 2 N–H and O–H groups in total. The normalized spacial score (nSPS) is 27.9. The first kappa shape index (κ1) is 14.3. The van der Waals surface area contributed by atoms with Crippen LogP contribution in [0.2, 0.25) is 0 Å². The Morgan fingerprint density at radius 3 is 2.90 bits per heavy atom. The van der Waals surface area contributed by atoms with Crippen molar-refractivity contribution in [1.29, 1.82) is 0 Å². The van der Waals surface area contributed by atoms with Crippen molar-refractivity contribution in [2.45, 2.75) is 24.8 Å². The molecule has 1 amide bonds. The third kappa shape index (κ3) is 2.60. The zero-order valence-corrected chi connectivity index (χ0v) is 12.6. The Morgan fingerprint density at radius 2 is 2.14 bits per heavy atom. The van der Waals surface area contributed by atoms with Crippen LogP contribution in [0.1, 0.15) is 12.5 Å². The van der Waals surface area contributed by atoms with Crippen LogP contribution in [-0.2, 0) is 16.0 Å². The Balaban J connectivity index is 1.78. The zero-order chi connectivity index (χ0) is 15.0. The van der Waals surface area contributed by atoms with E-state index in [-0.39, 0.29) is 17.2 Å². The summed E-state index contributed by atoms with van der Waals surface area (Å²) in [6, 6.07) is 7.24. The summed E-state index contributed by atoms with van der Waals surface area (Å²) in [7, 11) is 0. The van der Waals surface area contributed by atoms with Crippen molar-refractivity contribution >= 4 is 29.3 Å². The summed E-state index contributed by atoms with van der Waals surface area (Å²) in [5.41, 5.74) is 2.19. The van der Waals surface area contributed by atoms with E-state index in [1.165, 1.54) is 11.8 Å². The highest BCUT2D eigenvalue weighted by Gasteiger charge is 2.42. The summed E-state index contributed by atoms with van der Waals surface area (Å²) in [5, 5.41) is 12.5. The number of carbonyl (C=O) groups excluding carboxylic acids is 1. The summed E-state index contributed by atoms with van der Waals surface area (Å²) >= 11 is 1.52. The molecular weight excluding hydrogens is 288 g/mol. The highest BCUT2D eigenvalue weighted by Crippen LogP contribution is 2.32. The lowest BCUT2D eigenvalue weighted by Gasteiger charge is -2.32. The average molecular weight is 306 g/mol. The minimum Gasteiger partial charge on any atom is -0.480 e. The van der Waals surface area contributed by atoms with Gasteiger partial charge in [-0.3, -0.25) is 4.79 Å². The van der Waals surface area contributed by atoms with Crippen LogP contribution in [-0.4, -0.2) is 45.6 Å². The van der Waals surface area contributed by atoms with Gasteiger partial charge in [0.05, 0.1) is 11.3 Å². The lowest BCUT2D eigenvalue weighted by Crippen LogP contribution is -2.49. The molecule has 0 radical (unpaired) electrons. The third-order valence-electron chi connectivity index (χ3n) is 4.13. The average Bonchev–Trinajstić information content (AvgIpc) is 2.88. The first-order valence-corrected chi connectivity index (χ1v) is 8.11. The monoisotopic (exact) mass is 306 g/mol. The van der Waals surface area contributed by atoms with Gasteiger partial charge in [-0.05, 0) is 25.0 Å². The number of fused-ring (bicyclic) bond motifs is 1. The molecule has 0 aromatic heterocycles. The number of amides is 1. The molecule has 21 heavy (non-hydrogen) atoms. The molecule has 3 atom stereocenters. The summed E-state index contributed by atoms with van der Waals surface area (Å²) in [5.74, 6) is -0.687. The zero-order valence-electron chi connectivity index (χ0n) is 11.8. The number of hydrogen-bond acceptors (Lipinski definition) is 4. The molecule has 6 heteroatoms. The van der Waals surface area contributed by atoms with E-state index in [4.69, 9.17) is 0 Å². The van der Waals surface area contributed by atoms with Crippen molar-refractivity contribution < 1.29 is 14.7 Å². The van der Waals surface area contributed by atoms with Gasteiger partial charge in [0.15, 0.2) is 0 Å². The number of carboxylic acids is 1. The predicted molar refractivity (Wildman–Crippen MR) is 82.3 cm³/mol. The van der Waals surface area contributed by atoms with Crippen LogP contribution in [0.4, 0.5) is 5.69 Å². The summed E-state index contributed by atoms with van der Waals surface area (Å²) in [6.45, 7) is 2.46. The number of nitrogens with one attached hydrogen (secondary N) is 1. The lowest BCUT2D eigenvalue weighted by atomic mass is 9.92. The van der Waals surface area contributed by atoms with Crippen molar-refractivity contribution in [3.8, 4) is 0 Å². The smallest absolute Gasteiger partial charge is 0.327 e. The summed E-state index contributed by atoms with van der Waals surface area (Å²) < 4.78 is 0. The highest BCUT2D eigenvalue weighted by atomic mass is 32.2. The Kier molecular flexibility index (Phi) is 3.80. The molecule has 0 spiro atoms. The number of benzene rings is 1. The van der Waals surface area contributed by atoms with Gasteiger partial charge in [-0.1, -0.05) is 18.2 Å². The number of aliphatic carboxylic acids is 1. The van der Waals surface area contributed by atoms with Crippen LogP contribution in [0.5, 0.6) is 0 Å². The molecule has 2 heterocycles. The van der Waals surface area contributed by atoms with Gasteiger partial charge in [0.2, 0.25) is 5.91 Å². The van der Waals surface area contributed by atoms with Crippen LogP contribution in [0.25, 0.3) is 0 Å². The van der Waals surface area contributed by atoms with Crippen LogP contribution in [0.3, 0.4) is 0 Å². The second kappa shape index (κ2) is 5.60. The fourth-order valence-corrected chi connectivity index (χ4v) is 4.17. The number of nitrogens with zero attached hydrogens (tertiary/aromatic N) is 1. The van der Waals surface area contributed by atoms with Crippen molar-refractivity contribution in [3.05, 3.63) is 29.8 Å². The molecule has 2 aliphatic heterocycles. The second-order valence-electron chi connectivity index (χ2n) is 5.47. The molecule has 0 saturated carbocycles. The van der Waals surface area contributed by atoms with Crippen molar-refractivity contribution in [2.75, 3.05) is 17.6 Å². The quantitative estimate of drug-likeness (QED) is 0.869. The number of carbonyl (C=O) groups is 2. The van der Waals surface area contributed by atoms with Gasteiger partial charge in [0.1, 0.15) is 6.04 Å². The Bertz CT molecular complexity index is 578. The number of hydrogen-bond donors (Lipinski definition) is 2. The minimum absolute atomic E-state index is 0.0538. The molecule has 1 aromatic carbocycles. The van der Waals surface area contributed by atoms with Crippen molar-refractivity contribution in [1.82, 2.24) is 4.90 Å². The maximum absolute atomic E-state index is 12.7. The molecular formula is C15H18N2O3S. The van der Waals surface area contributed by atoms with Crippen LogP contribution < -0.4 is 5.32 Å². The standard InChI is InChI=1S/C15H18N2O3S/c1-9-17(13(8-21-9)15(19)20)14(18)11-6-10-4-2-3-5-12(10)16-7-11/h2-5,9,11,13,16H,6-8H2,1H3,(H,19,20). The van der Waals surface area contributed by atoms with E-state index in [9.17, 15) is 14.7 Å².